The molecule has 4 aromatic rings. The number of fused-ring (bicyclic) bond motifs is 1. The first kappa shape index (κ1) is 32.6. The number of carbonyl (C=O) groups excluding carboxylic acids is 3. The van der Waals surface area contributed by atoms with Crippen LogP contribution in [0, 0.1) is 5.92 Å². The highest BCUT2D eigenvalue weighted by Crippen LogP contribution is 2.21. The van der Waals surface area contributed by atoms with Gasteiger partial charge in [-0.05, 0) is 61.0 Å². The molecular formula is C33H39N7O5. The Hall–Kier alpha value is -5.26. The summed E-state index contributed by atoms with van der Waals surface area (Å²) in [6, 6.07) is 18.1. The van der Waals surface area contributed by atoms with Gasteiger partial charge in [0.05, 0.1) is 36.5 Å². The first-order valence-corrected chi connectivity index (χ1v) is 14.8. The molecule has 0 spiro atoms. The van der Waals surface area contributed by atoms with Gasteiger partial charge < -0.3 is 25.1 Å². The van der Waals surface area contributed by atoms with Gasteiger partial charge in [-0.25, -0.2) is 15.0 Å². The summed E-state index contributed by atoms with van der Waals surface area (Å²) >= 11 is 0. The molecule has 0 fully saturated rings. The number of amides is 1. The topological polar surface area (TPSA) is 154 Å². The molecule has 0 aliphatic rings. The number of rotatable bonds is 14. The maximum atomic E-state index is 13.7. The number of carbonyl (C=O) groups is 3. The average molecular weight is 614 g/mol. The first-order valence-electron chi connectivity index (χ1n) is 14.8. The van der Waals surface area contributed by atoms with Crippen LogP contribution in [0.2, 0.25) is 0 Å². The van der Waals surface area contributed by atoms with Crippen LogP contribution in [-0.2, 0) is 32.7 Å². The summed E-state index contributed by atoms with van der Waals surface area (Å²) in [6.45, 7) is 6.22. The van der Waals surface area contributed by atoms with Crippen LogP contribution in [0.25, 0.3) is 11.0 Å². The van der Waals surface area contributed by atoms with Crippen molar-refractivity contribution < 1.29 is 23.9 Å². The van der Waals surface area contributed by atoms with Crippen LogP contribution in [0.5, 0.6) is 0 Å². The number of esters is 2. The monoisotopic (exact) mass is 613 g/mol. The lowest BCUT2D eigenvalue weighted by atomic mass is 10.1. The van der Waals surface area contributed by atoms with Crippen molar-refractivity contribution in [3.8, 4) is 0 Å². The van der Waals surface area contributed by atoms with Crippen molar-refractivity contribution in [2.75, 3.05) is 30.1 Å². The molecule has 0 aliphatic carbocycles. The summed E-state index contributed by atoms with van der Waals surface area (Å²) in [5.74, 6) is 0.288. The predicted molar refractivity (Wildman–Crippen MR) is 173 cm³/mol. The van der Waals surface area contributed by atoms with E-state index in [2.05, 4.69) is 15.3 Å². The second kappa shape index (κ2) is 15.5. The summed E-state index contributed by atoms with van der Waals surface area (Å²) < 4.78 is 12.2. The number of nitrogens with zero attached hydrogens (tertiary/aromatic N) is 5. The summed E-state index contributed by atoms with van der Waals surface area (Å²) in [5.41, 5.74) is 9.57. The van der Waals surface area contributed by atoms with Crippen LogP contribution in [-0.4, -0.2) is 58.1 Å². The molecule has 3 N–H and O–H groups in total. The summed E-state index contributed by atoms with van der Waals surface area (Å²) in [5, 5.41) is 3.36. The summed E-state index contributed by atoms with van der Waals surface area (Å²) in [4.78, 5) is 52.1. The Morgan fingerprint density at radius 2 is 1.80 bits per heavy atom. The minimum Gasteiger partial charge on any atom is -0.466 e. The number of ether oxygens (including phenoxy) is 2. The van der Waals surface area contributed by atoms with E-state index in [1.807, 2.05) is 48.9 Å². The zero-order valence-electron chi connectivity index (χ0n) is 26.0. The quantitative estimate of drug-likeness (QED) is 0.119. The standard InChI is InChI=1S/C33H39N7O5/c1-5-18-44-30(41)15-17-40(28-8-6-7-16-35-28)32(42)24-11-14-27-26(19-24)38-29(39(27)4)20-36-25-12-9-23(10-13-25)31(34)37-21-45-33(43)22(2)3/h6-14,16,19,22,36H,5,15,17-18,20-21H2,1-4H3,(H2,34,37). The fourth-order valence-corrected chi connectivity index (χ4v) is 4.38. The van der Waals surface area contributed by atoms with Crippen LogP contribution in [0.3, 0.4) is 0 Å². The Balaban J connectivity index is 1.44. The molecule has 236 valence electrons. The number of hydrogen-bond acceptors (Lipinski definition) is 9. The zero-order chi connectivity index (χ0) is 32.3. The number of hydrogen-bond donors (Lipinski definition) is 2. The van der Waals surface area contributed by atoms with Gasteiger partial charge in [-0.15, -0.1) is 0 Å². The van der Waals surface area contributed by atoms with E-state index in [4.69, 9.17) is 20.2 Å². The van der Waals surface area contributed by atoms with E-state index in [1.165, 1.54) is 4.90 Å². The molecule has 2 aromatic heterocycles. The smallest absolute Gasteiger partial charge is 0.310 e. The van der Waals surface area contributed by atoms with Crippen LogP contribution in [0.15, 0.2) is 71.9 Å². The van der Waals surface area contributed by atoms with E-state index in [-0.39, 0.29) is 49.3 Å². The second-order valence-electron chi connectivity index (χ2n) is 10.6. The molecule has 0 aliphatic heterocycles. The average Bonchev–Trinajstić information content (AvgIpc) is 3.37. The van der Waals surface area contributed by atoms with Crippen LogP contribution in [0.1, 0.15) is 55.4 Å². The SMILES string of the molecule is CCCOC(=O)CCN(C(=O)c1ccc2c(c1)nc(CNc1ccc(/C(N)=N/COC(=O)C(C)C)cc1)n2C)c1ccccn1. The molecule has 0 bridgehead atoms. The molecule has 0 atom stereocenters. The van der Waals surface area contributed by atoms with Crippen molar-refractivity contribution in [1.29, 1.82) is 0 Å². The fourth-order valence-electron chi connectivity index (χ4n) is 4.38. The van der Waals surface area contributed by atoms with E-state index in [0.29, 0.717) is 35.6 Å². The summed E-state index contributed by atoms with van der Waals surface area (Å²) in [7, 11) is 1.92. The van der Waals surface area contributed by atoms with E-state index in [0.717, 1.165) is 23.4 Å². The van der Waals surface area contributed by atoms with E-state index in [1.54, 1.807) is 50.4 Å². The highest BCUT2D eigenvalue weighted by molar-refractivity contribution is 6.07. The number of aryl methyl sites for hydroxylation is 1. The normalized spacial score (nSPS) is 11.4. The van der Waals surface area contributed by atoms with Crippen molar-refractivity contribution in [2.45, 2.75) is 40.2 Å². The Morgan fingerprint density at radius 1 is 1.04 bits per heavy atom. The van der Waals surface area contributed by atoms with Crippen molar-refractivity contribution >= 4 is 46.2 Å². The first-order chi connectivity index (χ1) is 21.7. The van der Waals surface area contributed by atoms with Crippen LogP contribution < -0.4 is 16.0 Å². The Bertz CT molecular complexity index is 1650. The van der Waals surface area contributed by atoms with Gasteiger partial charge in [0.1, 0.15) is 17.5 Å². The van der Waals surface area contributed by atoms with Crippen molar-refractivity contribution in [2.24, 2.45) is 23.7 Å². The molecule has 12 nitrogen and oxygen atoms in total. The Kier molecular flexibility index (Phi) is 11.2. The minimum atomic E-state index is -0.362. The van der Waals surface area contributed by atoms with Gasteiger partial charge in [0.15, 0.2) is 6.73 Å². The minimum absolute atomic E-state index is 0.0536. The van der Waals surface area contributed by atoms with E-state index in [9.17, 15) is 14.4 Å². The van der Waals surface area contributed by atoms with Crippen molar-refractivity contribution in [3.63, 3.8) is 0 Å². The molecule has 4 rings (SSSR count). The van der Waals surface area contributed by atoms with Crippen LogP contribution >= 0.6 is 0 Å². The lowest BCUT2D eigenvalue weighted by Gasteiger charge is -2.21. The number of amidine groups is 1. The third kappa shape index (κ3) is 8.65. The number of nitrogens with two attached hydrogens (primary N) is 1. The van der Waals surface area contributed by atoms with Gasteiger partial charge in [-0.3, -0.25) is 19.3 Å². The van der Waals surface area contributed by atoms with Gasteiger partial charge >= 0.3 is 11.9 Å². The molecular weight excluding hydrogens is 574 g/mol. The lowest BCUT2D eigenvalue weighted by molar-refractivity contribution is -0.147. The molecule has 1 amide bonds. The van der Waals surface area contributed by atoms with Gasteiger partial charge in [-0.2, -0.15) is 0 Å². The Labute approximate surface area is 262 Å². The van der Waals surface area contributed by atoms with Gasteiger partial charge in [0, 0.05) is 36.6 Å². The van der Waals surface area contributed by atoms with Crippen LogP contribution in [0.4, 0.5) is 11.5 Å². The molecule has 45 heavy (non-hydrogen) atoms. The van der Waals surface area contributed by atoms with Gasteiger partial charge in [0.2, 0.25) is 0 Å². The number of benzene rings is 2. The number of anilines is 2. The molecule has 12 heteroatoms. The number of aromatic nitrogens is 3. The van der Waals surface area contributed by atoms with E-state index < -0.39 is 0 Å². The maximum absolute atomic E-state index is 13.7. The van der Waals surface area contributed by atoms with Crippen molar-refractivity contribution in [1.82, 2.24) is 14.5 Å². The number of imidazole rings is 1. The molecule has 0 saturated heterocycles. The summed E-state index contributed by atoms with van der Waals surface area (Å²) in [6.07, 6.45) is 2.39. The highest BCUT2D eigenvalue weighted by Gasteiger charge is 2.21. The third-order valence-electron chi connectivity index (χ3n) is 6.94. The van der Waals surface area contributed by atoms with Gasteiger partial charge in [0.25, 0.3) is 5.91 Å². The van der Waals surface area contributed by atoms with E-state index >= 15 is 0 Å². The Morgan fingerprint density at radius 3 is 2.49 bits per heavy atom. The predicted octanol–water partition coefficient (Wildman–Crippen LogP) is 4.43. The zero-order valence-corrected chi connectivity index (χ0v) is 26.0. The highest BCUT2D eigenvalue weighted by atomic mass is 16.5. The second-order valence-corrected chi connectivity index (χ2v) is 10.6. The molecule has 0 saturated carbocycles. The largest absolute Gasteiger partial charge is 0.466 e. The molecule has 2 aromatic carbocycles. The number of pyridine rings is 1. The van der Waals surface area contributed by atoms with Crippen molar-refractivity contribution in [3.05, 3.63) is 83.8 Å². The fraction of sp³-hybridized carbons (Fsp3) is 0.333. The molecule has 0 radical (unpaired) electrons. The lowest BCUT2D eigenvalue weighted by Crippen LogP contribution is -2.34. The van der Waals surface area contributed by atoms with Gasteiger partial charge in [-0.1, -0.05) is 26.8 Å². The third-order valence-corrected chi connectivity index (χ3v) is 6.94. The molecule has 0 unspecified atom stereocenters. The number of aliphatic imine (C=N–C) groups is 1. The maximum Gasteiger partial charge on any atom is 0.310 e. The number of nitrogens with one attached hydrogen (secondary N) is 1. The molecule has 2 heterocycles.